The summed E-state index contributed by atoms with van der Waals surface area (Å²) < 4.78 is 11.1. The van der Waals surface area contributed by atoms with Crippen molar-refractivity contribution < 1.29 is 9.26 Å². The molecule has 2 saturated heterocycles. The van der Waals surface area contributed by atoms with E-state index in [2.05, 4.69) is 29.2 Å². The standard InChI is InChI=1S/C23H24ClN3O2/c1-27-17-9-12-20(27)21(19(13-17)14-3-7-16(24)8-4-14)23-25-22(26-29-23)15-5-10-18(28-2)11-6-15/h3-8,10-11,17,19-21H,9,12-13H2,1-2H3/t17-,19+,20+,21-/m0/s1. The number of benzene rings is 2. The van der Waals surface area contributed by atoms with Crippen LogP contribution in [0, 0.1) is 0 Å². The molecule has 0 N–H and O–H groups in total. The number of fused-ring (bicyclic) bond motifs is 2. The lowest BCUT2D eigenvalue weighted by atomic mass is 9.76. The summed E-state index contributed by atoms with van der Waals surface area (Å²) in [6, 6.07) is 17.0. The average molecular weight is 410 g/mol. The number of ether oxygens (including phenoxy) is 1. The second-order valence-electron chi connectivity index (χ2n) is 8.07. The van der Waals surface area contributed by atoms with Crippen LogP contribution in [0.1, 0.15) is 42.6 Å². The molecule has 29 heavy (non-hydrogen) atoms. The zero-order chi connectivity index (χ0) is 20.0. The van der Waals surface area contributed by atoms with Crippen LogP contribution in [-0.2, 0) is 0 Å². The normalized spacial score (nSPS) is 26.6. The maximum Gasteiger partial charge on any atom is 0.232 e. The fourth-order valence-electron chi connectivity index (χ4n) is 5.08. The number of halogens is 1. The third kappa shape index (κ3) is 3.32. The Kier molecular flexibility index (Phi) is 4.80. The fourth-order valence-corrected chi connectivity index (χ4v) is 5.21. The third-order valence-electron chi connectivity index (χ3n) is 6.64. The lowest BCUT2D eigenvalue weighted by Gasteiger charge is -2.41. The Bertz CT molecular complexity index is 986. The molecule has 3 aromatic rings. The monoisotopic (exact) mass is 409 g/mol. The molecule has 0 spiro atoms. The van der Waals surface area contributed by atoms with E-state index in [1.54, 1.807) is 7.11 Å². The molecule has 0 radical (unpaired) electrons. The first-order chi connectivity index (χ1) is 14.1. The van der Waals surface area contributed by atoms with Crippen LogP contribution in [0.3, 0.4) is 0 Å². The minimum absolute atomic E-state index is 0.180. The van der Waals surface area contributed by atoms with Crippen LogP contribution in [0.5, 0.6) is 5.75 Å². The summed E-state index contributed by atoms with van der Waals surface area (Å²) in [5.41, 5.74) is 2.23. The predicted molar refractivity (Wildman–Crippen MR) is 112 cm³/mol. The molecule has 1 aromatic heterocycles. The molecule has 2 bridgehead atoms. The maximum absolute atomic E-state index is 6.13. The average Bonchev–Trinajstić information content (AvgIpc) is 3.31. The van der Waals surface area contributed by atoms with Crippen LogP contribution in [0.25, 0.3) is 11.4 Å². The van der Waals surface area contributed by atoms with Gasteiger partial charge in [0.1, 0.15) is 5.75 Å². The summed E-state index contributed by atoms with van der Waals surface area (Å²) in [6.45, 7) is 0. The summed E-state index contributed by atoms with van der Waals surface area (Å²) in [6.07, 6.45) is 3.48. The Hall–Kier alpha value is -2.37. The number of methoxy groups -OCH3 is 1. The molecule has 0 aliphatic carbocycles. The first-order valence-corrected chi connectivity index (χ1v) is 10.5. The molecule has 4 atom stereocenters. The Labute approximate surface area is 175 Å². The molecular formula is C23H24ClN3O2. The van der Waals surface area contributed by atoms with E-state index in [4.69, 9.17) is 25.8 Å². The van der Waals surface area contributed by atoms with Crippen molar-refractivity contribution in [3.63, 3.8) is 0 Å². The molecule has 3 heterocycles. The number of hydrogen-bond donors (Lipinski definition) is 0. The van der Waals surface area contributed by atoms with E-state index in [0.717, 1.165) is 35.1 Å². The Balaban J connectivity index is 1.50. The molecule has 2 aromatic carbocycles. The van der Waals surface area contributed by atoms with E-state index in [9.17, 15) is 0 Å². The molecule has 2 fully saturated rings. The Morgan fingerprint density at radius 3 is 2.55 bits per heavy atom. The Morgan fingerprint density at radius 1 is 1.07 bits per heavy atom. The van der Waals surface area contributed by atoms with Gasteiger partial charge in [0.05, 0.1) is 13.0 Å². The van der Waals surface area contributed by atoms with Gasteiger partial charge < -0.3 is 9.26 Å². The molecule has 150 valence electrons. The third-order valence-corrected chi connectivity index (χ3v) is 6.89. The van der Waals surface area contributed by atoms with Gasteiger partial charge in [-0.3, -0.25) is 4.90 Å². The molecule has 5 nitrogen and oxygen atoms in total. The van der Waals surface area contributed by atoms with Crippen molar-refractivity contribution in [1.29, 1.82) is 0 Å². The summed E-state index contributed by atoms with van der Waals surface area (Å²) in [7, 11) is 3.89. The summed E-state index contributed by atoms with van der Waals surface area (Å²) in [5, 5.41) is 5.06. The number of hydrogen-bond acceptors (Lipinski definition) is 5. The van der Waals surface area contributed by atoms with Gasteiger partial charge in [0.2, 0.25) is 11.7 Å². The van der Waals surface area contributed by atoms with E-state index in [1.807, 2.05) is 36.4 Å². The van der Waals surface area contributed by atoms with Crippen molar-refractivity contribution in [3.8, 4) is 17.1 Å². The summed E-state index contributed by atoms with van der Waals surface area (Å²) in [4.78, 5) is 7.34. The first-order valence-electron chi connectivity index (χ1n) is 10.1. The minimum Gasteiger partial charge on any atom is -0.497 e. The molecule has 2 aliphatic heterocycles. The van der Waals surface area contributed by atoms with E-state index in [1.165, 1.54) is 12.0 Å². The van der Waals surface area contributed by atoms with Crippen molar-refractivity contribution in [3.05, 3.63) is 65.0 Å². The van der Waals surface area contributed by atoms with Gasteiger partial charge in [-0.2, -0.15) is 4.98 Å². The van der Waals surface area contributed by atoms with Crippen LogP contribution in [-0.4, -0.2) is 41.3 Å². The van der Waals surface area contributed by atoms with Gasteiger partial charge in [0, 0.05) is 22.7 Å². The van der Waals surface area contributed by atoms with Gasteiger partial charge in [-0.15, -0.1) is 0 Å². The van der Waals surface area contributed by atoms with Crippen molar-refractivity contribution in [2.45, 2.75) is 43.2 Å². The smallest absolute Gasteiger partial charge is 0.232 e. The number of likely N-dealkylation sites (N-methyl/N-ethyl adjacent to an activating group) is 1. The zero-order valence-corrected chi connectivity index (χ0v) is 17.3. The molecule has 6 heteroatoms. The van der Waals surface area contributed by atoms with Crippen LogP contribution < -0.4 is 4.74 Å². The van der Waals surface area contributed by atoms with Crippen molar-refractivity contribution in [2.75, 3.05) is 14.2 Å². The highest BCUT2D eigenvalue weighted by atomic mass is 35.5. The fraction of sp³-hybridized carbons (Fsp3) is 0.391. The zero-order valence-electron chi connectivity index (χ0n) is 16.6. The van der Waals surface area contributed by atoms with Gasteiger partial charge in [-0.05, 0) is 74.2 Å². The highest BCUT2D eigenvalue weighted by Gasteiger charge is 2.48. The molecular weight excluding hydrogens is 386 g/mol. The lowest BCUT2D eigenvalue weighted by Crippen LogP contribution is -2.44. The molecule has 0 unspecified atom stereocenters. The second kappa shape index (κ2) is 7.47. The number of rotatable bonds is 4. The first kappa shape index (κ1) is 18.6. The van der Waals surface area contributed by atoms with Gasteiger partial charge in [-0.1, -0.05) is 28.9 Å². The summed E-state index contributed by atoms with van der Waals surface area (Å²) in [5.74, 6) is 2.70. The minimum atomic E-state index is 0.180. The highest BCUT2D eigenvalue weighted by molar-refractivity contribution is 6.30. The van der Waals surface area contributed by atoms with Gasteiger partial charge in [-0.25, -0.2) is 0 Å². The number of piperidine rings is 1. The van der Waals surface area contributed by atoms with Crippen molar-refractivity contribution >= 4 is 11.6 Å². The summed E-state index contributed by atoms with van der Waals surface area (Å²) >= 11 is 6.13. The van der Waals surface area contributed by atoms with E-state index < -0.39 is 0 Å². The highest BCUT2D eigenvalue weighted by Crippen LogP contribution is 2.50. The topological polar surface area (TPSA) is 51.4 Å². The SMILES string of the molecule is COc1ccc(-c2noc([C@H]3[C@@H](c4ccc(Cl)cc4)C[C@@H]4CC[C@H]3N4C)n2)cc1. The number of nitrogens with zero attached hydrogens (tertiary/aromatic N) is 3. The van der Waals surface area contributed by atoms with Gasteiger partial charge in [0.15, 0.2) is 0 Å². The van der Waals surface area contributed by atoms with E-state index in [0.29, 0.717) is 23.8 Å². The lowest BCUT2D eigenvalue weighted by molar-refractivity contribution is 0.120. The quantitative estimate of drug-likeness (QED) is 0.597. The van der Waals surface area contributed by atoms with E-state index >= 15 is 0 Å². The van der Waals surface area contributed by atoms with Crippen LogP contribution in [0.15, 0.2) is 53.1 Å². The largest absolute Gasteiger partial charge is 0.497 e. The Morgan fingerprint density at radius 2 is 1.83 bits per heavy atom. The molecule has 5 rings (SSSR count). The van der Waals surface area contributed by atoms with E-state index in [-0.39, 0.29) is 5.92 Å². The van der Waals surface area contributed by atoms with Gasteiger partial charge in [0.25, 0.3) is 0 Å². The maximum atomic E-state index is 6.13. The predicted octanol–water partition coefficient (Wildman–Crippen LogP) is 5.13. The van der Waals surface area contributed by atoms with Gasteiger partial charge >= 0.3 is 0 Å². The van der Waals surface area contributed by atoms with Crippen molar-refractivity contribution in [2.24, 2.45) is 0 Å². The van der Waals surface area contributed by atoms with Crippen LogP contribution >= 0.6 is 11.6 Å². The molecule has 0 saturated carbocycles. The van der Waals surface area contributed by atoms with Crippen molar-refractivity contribution in [1.82, 2.24) is 15.0 Å². The second-order valence-corrected chi connectivity index (χ2v) is 8.50. The number of aromatic nitrogens is 2. The van der Waals surface area contributed by atoms with Crippen LogP contribution in [0.4, 0.5) is 0 Å². The molecule has 0 amide bonds. The molecule has 2 aliphatic rings. The van der Waals surface area contributed by atoms with Crippen LogP contribution in [0.2, 0.25) is 5.02 Å².